The fraction of sp³-hybridized carbons (Fsp3) is 0.571. The van der Waals surface area contributed by atoms with Gasteiger partial charge in [0.2, 0.25) is 0 Å². The predicted molar refractivity (Wildman–Crippen MR) is 83.0 cm³/mol. The first kappa shape index (κ1) is 16.9. The lowest BCUT2D eigenvalue weighted by atomic mass is 9.79. The van der Waals surface area contributed by atoms with Crippen molar-refractivity contribution >= 4 is 28.3 Å². The van der Waals surface area contributed by atoms with Gasteiger partial charge in [0.25, 0.3) is 0 Å². The van der Waals surface area contributed by atoms with Crippen LogP contribution in [0.25, 0.3) is 0 Å². The van der Waals surface area contributed by atoms with Gasteiger partial charge in [-0.25, -0.2) is 4.39 Å². The molecule has 0 saturated carbocycles. The topological polar surface area (TPSA) is 29.3 Å². The Morgan fingerprint density at radius 3 is 2.74 bits per heavy atom. The highest BCUT2D eigenvalue weighted by molar-refractivity contribution is 9.10. The van der Waals surface area contributed by atoms with Crippen molar-refractivity contribution in [3.05, 3.63) is 34.1 Å². The van der Waals surface area contributed by atoms with Gasteiger partial charge in [0.05, 0.1) is 4.47 Å². The zero-order valence-corrected chi connectivity index (χ0v) is 13.7. The molecule has 0 bridgehead atoms. The van der Waals surface area contributed by atoms with E-state index in [4.69, 9.17) is 5.73 Å². The first-order chi connectivity index (χ1) is 8.38. The minimum absolute atomic E-state index is 0. The first-order valence-corrected chi connectivity index (χ1v) is 7.10. The number of hydrogen-bond donors (Lipinski definition) is 1. The molecule has 2 N–H and O–H groups in total. The Hall–Kier alpha value is -0.160. The van der Waals surface area contributed by atoms with E-state index >= 15 is 0 Å². The zero-order chi connectivity index (χ0) is 13.3. The smallest absolute Gasteiger partial charge is 0.137 e. The summed E-state index contributed by atoms with van der Waals surface area (Å²) in [5.41, 5.74) is 7.41. The molecule has 1 aliphatic heterocycles. The minimum atomic E-state index is -0.209. The summed E-state index contributed by atoms with van der Waals surface area (Å²) >= 11 is 3.23. The molecule has 1 aliphatic rings. The average molecular weight is 352 g/mol. The fourth-order valence-electron chi connectivity index (χ4n) is 2.52. The predicted octanol–water partition coefficient (Wildman–Crippen LogP) is 3.57. The number of nitrogens with zero attached hydrogens (tertiary/aromatic N) is 1. The van der Waals surface area contributed by atoms with Gasteiger partial charge in [-0.3, -0.25) is 4.90 Å². The van der Waals surface area contributed by atoms with Crippen molar-refractivity contribution in [2.45, 2.75) is 32.9 Å². The van der Waals surface area contributed by atoms with E-state index in [0.29, 0.717) is 4.47 Å². The summed E-state index contributed by atoms with van der Waals surface area (Å²) in [6, 6.07) is 5.49. The summed E-state index contributed by atoms with van der Waals surface area (Å²) in [7, 11) is 0. The molecule has 2 rings (SSSR count). The second-order valence-electron chi connectivity index (χ2n) is 5.84. The number of hydrogen-bond acceptors (Lipinski definition) is 2. The summed E-state index contributed by atoms with van der Waals surface area (Å²) in [6.07, 6.45) is 1.02. The number of nitrogens with two attached hydrogens (primary N) is 1. The monoisotopic (exact) mass is 350 g/mol. The summed E-state index contributed by atoms with van der Waals surface area (Å²) in [4.78, 5) is 2.39. The van der Waals surface area contributed by atoms with Crippen LogP contribution in [0.15, 0.2) is 22.7 Å². The van der Waals surface area contributed by atoms with E-state index in [1.807, 2.05) is 12.1 Å². The molecule has 0 amide bonds. The number of rotatable bonds is 2. The second kappa shape index (κ2) is 6.53. The van der Waals surface area contributed by atoms with E-state index in [9.17, 15) is 4.39 Å². The van der Waals surface area contributed by atoms with Crippen LogP contribution in [0.2, 0.25) is 0 Å². The molecule has 1 heterocycles. The molecule has 1 fully saturated rings. The molecule has 0 spiro atoms. The van der Waals surface area contributed by atoms with Gasteiger partial charge >= 0.3 is 0 Å². The third-order valence-corrected chi connectivity index (χ3v) is 4.39. The Labute approximate surface area is 129 Å². The first-order valence-electron chi connectivity index (χ1n) is 6.30. The fourth-order valence-corrected chi connectivity index (χ4v) is 2.94. The Bertz CT molecular complexity index is 439. The summed E-state index contributed by atoms with van der Waals surface area (Å²) in [5.74, 6) is -0.209. The van der Waals surface area contributed by atoms with Crippen molar-refractivity contribution in [2.75, 3.05) is 13.1 Å². The molecule has 2 nitrogen and oxygen atoms in total. The van der Waals surface area contributed by atoms with Gasteiger partial charge in [0, 0.05) is 25.7 Å². The molecule has 1 aromatic rings. The van der Waals surface area contributed by atoms with Crippen LogP contribution in [0.3, 0.4) is 0 Å². The van der Waals surface area contributed by atoms with Crippen LogP contribution in [0.5, 0.6) is 0 Å². The van der Waals surface area contributed by atoms with Crippen LogP contribution in [-0.4, -0.2) is 24.0 Å². The summed E-state index contributed by atoms with van der Waals surface area (Å²) < 4.78 is 13.7. The maximum Gasteiger partial charge on any atom is 0.137 e. The van der Waals surface area contributed by atoms with E-state index in [-0.39, 0.29) is 29.7 Å². The lowest BCUT2D eigenvalue weighted by Gasteiger charge is -2.42. The van der Waals surface area contributed by atoms with Crippen LogP contribution in [0.4, 0.5) is 4.39 Å². The van der Waals surface area contributed by atoms with Crippen LogP contribution in [0.1, 0.15) is 25.8 Å². The molecule has 1 unspecified atom stereocenters. The van der Waals surface area contributed by atoms with Crippen molar-refractivity contribution in [3.8, 4) is 0 Å². The Morgan fingerprint density at radius 2 is 2.16 bits per heavy atom. The number of halogens is 3. The largest absolute Gasteiger partial charge is 0.327 e. The number of piperidine rings is 1. The molecule has 1 saturated heterocycles. The van der Waals surface area contributed by atoms with Gasteiger partial charge in [0.15, 0.2) is 0 Å². The lowest BCUT2D eigenvalue weighted by Crippen LogP contribution is -2.52. The van der Waals surface area contributed by atoms with Crippen molar-refractivity contribution in [3.63, 3.8) is 0 Å². The summed E-state index contributed by atoms with van der Waals surface area (Å²) in [6.45, 7) is 7.28. The maximum absolute atomic E-state index is 13.2. The summed E-state index contributed by atoms with van der Waals surface area (Å²) in [5, 5.41) is 0. The quantitative estimate of drug-likeness (QED) is 0.882. The molecular weight excluding hydrogens is 331 g/mol. The standard InChI is InChI=1S/C14H20BrFN2.ClH/c1-14(2)9-18(6-5-13(14)17)8-10-3-4-12(16)11(15)7-10;/h3-4,7,13H,5-6,8-9,17H2,1-2H3;1H. The van der Waals surface area contributed by atoms with Gasteiger partial charge < -0.3 is 5.73 Å². The van der Waals surface area contributed by atoms with Gasteiger partial charge in [-0.1, -0.05) is 19.9 Å². The number of likely N-dealkylation sites (tertiary alicyclic amines) is 1. The van der Waals surface area contributed by atoms with E-state index in [2.05, 4.69) is 34.7 Å². The molecule has 0 aromatic heterocycles. The van der Waals surface area contributed by atoms with E-state index in [0.717, 1.165) is 31.6 Å². The third kappa shape index (κ3) is 4.15. The van der Waals surface area contributed by atoms with Crippen LogP contribution < -0.4 is 5.73 Å². The molecule has 0 radical (unpaired) electrons. The molecule has 1 atom stereocenters. The molecule has 5 heteroatoms. The van der Waals surface area contributed by atoms with Crippen molar-refractivity contribution < 1.29 is 4.39 Å². The van der Waals surface area contributed by atoms with Crippen molar-refractivity contribution in [1.82, 2.24) is 4.90 Å². The molecule has 108 valence electrons. The maximum atomic E-state index is 13.2. The Kier molecular flexibility index (Phi) is 5.80. The van der Waals surface area contributed by atoms with Gasteiger partial charge in [0.1, 0.15) is 5.82 Å². The van der Waals surface area contributed by atoms with E-state index in [1.165, 1.54) is 6.07 Å². The highest BCUT2D eigenvalue weighted by Gasteiger charge is 2.33. The van der Waals surface area contributed by atoms with Crippen LogP contribution in [-0.2, 0) is 6.54 Å². The van der Waals surface area contributed by atoms with Crippen molar-refractivity contribution in [1.29, 1.82) is 0 Å². The normalized spacial score (nSPS) is 22.9. The third-order valence-electron chi connectivity index (χ3n) is 3.78. The molecular formula is C14H21BrClFN2. The minimum Gasteiger partial charge on any atom is -0.327 e. The average Bonchev–Trinajstić information content (AvgIpc) is 2.28. The molecule has 0 aliphatic carbocycles. The van der Waals surface area contributed by atoms with Gasteiger partial charge in [-0.2, -0.15) is 0 Å². The zero-order valence-electron chi connectivity index (χ0n) is 11.3. The van der Waals surface area contributed by atoms with Gasteiger partial charge in [-0.05, 0) is 45.5 Å². The van der Waals surface area contributed by atoms with E-state index < -0.39 is 0 Å². The second-order valence-corrected chi connectivity index (χ2v) is 6.70. The van der Waals surface area contributed by atoms with E-state index in [1.54, 1.807) is 0 Å². The van der Waals surface area contributed by atoms with Crippen molar-refractivity contribution in [2.24, 2.45) is 11.1 Å². The lowest BCUT2D eigenvalue weighted by molar-refractivity contribution is 0.0898. The molecule has 19 heavy (non-hydrogen) atoms. The molecule has 1 aromatic carbocycles. The Balaban J connectivity index is 0.00000180. The van der Waals surface area contributed by atoms with Crippen LogP contribution >= 0.6 is 28.3 Å². The highest BCUT2D eigenvalue weighted by atomic mass is 79.9. The number of benzene rings is 1. The Morgan fingerprint density at radius 1 is 1.47 bits per heavy atom. The SMILES string of the molecule is CC1(C)CN(Cc2ccc(F)c(Br)c2)CCC1N.Cl. The highest BCUT2D eigenvalue weighted by Crippen LogP contribution is 2.29. The van der Waals surface area contributed by atoms with Gasteiger partial charge in [-0.15, -0.1) is 12.4 Å². The van der Waals surface area contributed by atoms with Crippen LogP contribution in [0, 0.1) is 11.2 Å².